The molecular formula is C17H22N2O6. The number of benzene rings is 1. The normalized spacial score (nSPS) is 14.2. The van der Waals surface area contributed by atoms with Crippen LogP contribution in [0.2, 0.25) is 0 Å². The fourth-order valence-electron chi connectivity index (χ4n) is 2.48. The lowest BCUT2D eigenvalue weighted by Gasteiger charge is -2.17. The molecule has 8 nitrogen and oxygen atoms in total. The summed E-state index contributed by atoms with van der Waals surface area (Å²) in [4.78, 5) is 34.0. The highest BCUT2D eigenvalue weighted by Gasteiger charge is 2.19. The van der Waals surface area contributed by atoms with Gasteiger partial charge in [0.25, 0.3) is 0 Å². The van der Waals surface area contributed by atoms with Gasteiger partial charge in [0.15, 0.2) is 6.04 Å². The molecule has 3 N–H and O–H groups in total. The summed E-state index contributed by atoms with van der Waals surface area (Å²) >= 11 is 0. The average Bonchev–Trinajstić information content (AvgIpc) is 2.58. The van der Waals surface area contributed by atoms with E-state index in [-0.39, 0.29) is 24.8 Å². The Bertz CT molecular complexity index is 646. The van der Waals surface area contributed by atoms with E-state index in [1.165, 1.54) is 7.11 Å². The molecule has 8 heteroatoms. The smallest absolute Gasteiger partial charge is 0.328 e. The minimum Gasteiger partial charge on any atom is -0.494 e. The summed E-state index contributed by atoms with van der Waals surface area (Å²) in [6, 6.07) is 4.41. The molecule has 1 heterocycles. The number of carboxylic acid groups (broad SMARTS) is 1. The molecule has 136 valence electrons. The van der Waals surface area contributed by atoms with E-state index in [0.717, 1.165) is 11.3 Å². The van der Waals surface area contributed by atoms with E-state index >= 15 is 0 Å². The molecule has 0 spiro atoms. The zero-order chi connectivity index (χ0) is 18.2. The maximum Gasteiger partial charge on any atom is 0.328 e. The maximum absolute atomic E-state index is 11.7. The van der Waals surface area contributed by atoms with Crippen molar-refractivity contribution in [3.63, 3.8) is 0 Å². The molecule has 25 heavy (non-hydrogen) atoms. The molecule has 1 aromatic carbocycles. The summed E-state index contributed by atoms with van der Waals surface area (Å²) in [5.41, 5.74) is 1.83. The van der Waals surface area contributed by atoms with Crippen LogP contribution in [0.3, 0.4) is 0 Å². The maximum atomic E-state index is 11.7. The van der Waals surface area contributed by atoms with E-state index in [0.29, 0.717) is 31.6 Å². The van der Waals surface area contributed by atoms with E-state index in [1.807, 2.05) is 6.07 Å². The van der Waals surface area contributed by atoms with E-state index in [4.69, 9.17) is 14.6 Å². The Morgan fingerprint density at radius 2 is 2.16 bits per heavy atom. The third kappa shape index (κ3) is 5.75. The molecule has 0 aliphatic carbocycles. The van der Waals surface area contributed by atoms with Crippen LogP contribution in [0.5, 0.6) is 5.75 Å². The molecule has 0 fully saturated rings. The van der Waals surface area contributed by atoms with Gasteiger partial charge in [-0.2, -0.15) is 0 Å². The van der Waals surface area contributed by atoms with Crippen LogP contribution in [0, 0.1) is 0 Å². The lowest BCUT2D eigenvalue weighted by molar-refractivity contribution is -0.143. The average molecular weight is 350 g/mol. The second-order valence-corrected chi connectivity index (χ2v) is 5.73. The highest BCUT2D eigenvalue weighted by atomic mass is 16.5. The number of aryl methyl sites for hydroxylation is 1. The third-order valence-corrected chi connectivity index (χ3v) is 3.76. The van der Waals surface area contributed by atoms with Crippen LogP contribution in [-0.2, 0) is 25.5 Å². The molecule has 1 unspecified atom stereocenters. The molecular weight excluding hydrogens is 328 g/mol. The Kier molecular flexibility index (Phi) is 6.76. The number of amides is 2. The summed E-state index contributed by atoms with van der Waals surface area (Å²) in [7, 11) is 1.37. The summed E-state index contributed by atoms with van der Waals surface area (Å²) in [6.07, 6.45) is 1.76. The first-order chi connectivity index (χ1) is 12.0. The highest BCUT2D eigenvalue weighted by molar-refractivity contribution is 5.94. The standard InChI is InChI=1S/C17H22N2O6/c1-24-10-14(17(22)23)19-15(20)3-2-8-25-12-5-6-13-11(9-12)4-7-16(21)18-13/h5-6,9,14H,2-4,7-8,10H2,1H3,(H,18,21)(H,19,20)(H,22,23). The monoisotopic (exact) mass is 350 g/mol. The predicted octanol–water partition coefficient (Wildman–Crippen LogP) is 0.946. The van der Waals surface area contributed by atoms with Gasteiger partial charge >= 0.3 is 5.97 Å². The van der Waals surface area contributed by atoms with Crippen molar-refractivity contribution >= 4 is 23.5 Å². The first-order valence-electron chi connectivity index (χ1n) is 8.06. The first-order valence-corrected chi connectivity index (χ1v) is 8.06. The van der Waals surface area contributed by atoms with Crippen molar-refractivity contribution in [2.45, 2.75) is 31.7 Å². The third-order valence-electron chi connectivity index (χ3n) is 3.76. The number of nitrogens with one attached hydrogen (secondary N) is 2. The van der Waals surface area contributed by atoms with Crippen LogP contribution in [0.25, 0.3) is 0 Å². The van der Waals surface area contributed by atoms with Gasteiger partial charge in [-0.3, -0.25) is 9.59 Å². The van der Waals surface area contributed by atoms with Gasteiger partial charge in [-0.15, -0.1) is 0 Å². The molecule has 1 aliphatic heterocycles. The molecule has 0 radical (unpaired) electrons. The van der Waals surface area contributed by atoms with Crippen LogP contribution in [0.4, 0.5) is 5.69 Å². The molecule has 2 rings (SSSR count). The van der Waals surface area contributed by atoms with Crippen LogP contribution in [0.15, 0.2) is 18.2 Å². The lowest BCUT2D eigenvalue weighted by Crippen LogP contribution is -2.43. The van der Waals surface area contributed by atoms with Gasteiger partial charge in [-0.25, -0.2) is 4.79 Å². The van der Waals surface area contributed by atoms with Gasteiger partial charge in [0.2, 0.25) is 11.8 Å². The number of ether oxygens (including phenoxy) is 2. The Labute approximate surface area is 145 Å². The van der Waals surface area contributed by atoms with Gasteiger partial charge in [0.1, 0.15) is 5.75 Å². The minimum absolute atomic E-state index is 0.0142. The van der Waals surface area contributed by atoms with Crippen molar-refractivity contribution in [2.75, 3.05) is 25.6 Å². The number of carbonyl (C=O) groups is 3. The zero-order valence-electron chi connectivity index (χ0n) is 14.0. The minimum atomic E-state index is -1.13. The van der Waals surface area contributed by atoms with Gasteiger partial charge < -0.3 is 25.2 Å². The number of anilines is 1. The van der Waals surface area contributed by atoms with Crippen molar-refractivity contribution in [3.05, 3.63) is 23.8 Å². The fraction of sp³-hybridized carbons (Fsp3) is 0.471. The van der Waals surface area contributed by atoms with Crippen molar-refractivity contribution < 1.29 is 29.0 Å². The van der Waals surface area contributed by atoms with Gasteiger partial charge in [-0.05, 0) is 36.6 Å². The van der Waals surface area contributed by atoms with Gasteiger partial charge in [0, 0.05) is 25.6 Å². The fourth-order valence-corrected chi connectivity index (χ4v) is 2.48. The van der Waals surface area contributed by atoms with E-state index in [2.05, 4.69) is 10.6 Å². The Morgan fingerprint density at radius 1 is 1.36 bits per heavy atom. The zero-order valence-corrected chi connectivity index (χ0v) is 14.0. The van der Waals surface area contributed by atoms with Crippen LogP contribution in [-0.4, -0.2) is 49.3 Å². The second-order valence-electron chi connectivity index (χ2n) is 5.73. The molecule has 0 bridgehead atoms. The number of methoxy groups -OCH3 is 1. The molecule has 1 atom stereocenters. The summed E-state index contributed by atoms with van der Waals surface area (Å²) in [5.74, 6) is -0.799. The van der Waals surface area contributed by atoms with Crippen LogP contribution >= 0.6 is 0 Å². The number of fused-ring (bicyclic) bond motifs is 1. The summed E-state index contributed by atoms with van der Waals surface area (Å²) in [5, 5.41) is 14.1. The quantitative estimate of drug-likeness (QED) is 0.571. The van der Waals surface area contributed by atoms with Crippen molar-refractivity contribution in [3.8, 4) is 5.75 Å². The molecule has 1 aliphatic rings. The van der Waals surface area contributed by atoms with Crippen LogP contribution in [0.1, 0.15) is 24.8 Å². The lowest BCUT2D eigenvalue weighted by atomic mass is 10.0. The van der Waals surface area contributed by atoms with Crippen molar-refractivity contribution in [2.24, 2.45) is 0 Å². The predicted molar refractivity (Wildman–Crippen MR) is 89.6 cm³/mol. The molecule has 0 saturated carbocycles. The summed E-state index contributed by atoms with van der Waals surface area (Å²) < 4.78 is 10.4. The van der Waals surface area contributed by atoms with Gasteiger partial charge in [0.05, 0.1) is 13.2 Å². The Balaban J connectivity index is 1.73. The highest BCUT2D eigenvalue weighted by Crippen LogP contribution is 2.26. The molecule has 0 aromatic heterocycles. The number of hydrogen-bond donors (Lipinski definition) is 3. The Hall–Kier alpha value is -2.61. The molecule has 0 saturated heterocycles. The second kappa shape index (κ2) is 9.03. The topological polar surface area (TPSA) is 114 Å². The van der Waals surface area contributed by atoms with E-state index < -0.39 is 12.0 Å². The van der Waals surface area contributed by atoms with Crippen molar-refractivity contribution in [1.29, 1.82) is 0 Å². The van der Waals surface area contributed by atoms with E-state index in [9.17, 15) is 14.4 Å². The SMILES string of the molecule is COCC(NC(=O)CCCOc1ccc2c(c1)CCC(=O)N2)C(=O)O. The Morgan fingerprint density at radius 3 is 2.88 bits per heavy atom. The molecule has 2 amide bonds. The summed E-state index contributed by atoms with van der Waals surface area (Å²) in [6.45, 7) is 0.254. The van der Waals surface area contributed by atoms with E-state index in [1.54, 1.807) is 12.1 Å². The number of carboxylic acids is 1. The largest absolute Gasteiger partial charge is 0.494 e. The van der Waals surface area contributed by atoms with Crippen LogP contribution < -0.4 is 15.4 Å². The van der Waals surface area contributed by atoms with Crippen molar-refractivity contribution in [1.82, 2.24) is 5.32 Å². The number of hydrogen-bond acceptors (Lipinski definition) is 5. The number of aliphatic carboxylic acids is 1. The van der Waals surface area contributed by atoms with Gasteiger partial charge in [-0.1, -0.05) is 0 Å². The molecule has 1 aromatic rings. The number of rotatable bonds is 9. The first kappa shape index (κ1) is 18.7. The number of carbonyl (C=O) groups excluding carboxylic acids is 2.